The topological polar surface area (TPSA) is 122 Å². The van der Waals surface area contributed by atoms with E-state index in [-0.39, 0.29) is 23.9 Å². The van der Waals surface area contributed by atoms with Crippen LogP contribution in [0.1, 0.15) is 0 Å². The number of anilines is 1. The molecule has 0 spiro atoms. The monoisotopic (exact) mass is 261 g/mol. The normalized spacial score (nSPS) is 9.94. The molecule has 0 unspecified atom stereocenters. The number of alkyl halides is 1. The minimum atomic E-state index is -0.799. The van der Waals surface area contributed by atoms with Crippen molar-refractivity contribution in [2.45, 2.75) is 0 Å². The highest BCUT2D eigenvalue weighted by Gasteiger charge is 2.24. The van der Waals surface area contributed by atoms with Gasteiger partial charge in [0.15, 0.2) is 0 Å². The number of non-ortho nitro benzene ring substituents is 1. The molecule has 0 aliphatic carbocycles. The predicted molar refractivity (Wildman–Crippen MR) is 60.4 cm³/mol. The summed E-state index contributed by atoms with van der Waals surface area (Å²) in [5.74, 6) is -0.0885. The lowest BCUT2D eigenvalue weighted by molar-refractivity contribution is -0.394. The molecular formula is C8H8ClN3O5. The molecule has 1 aromatic rings. The molecule has 0 aliphatic heterocycles. The number of hydrogen-bond acceptors (Lipinski definition) is 6. The third-order valence-corrected chi connectivity index (χ3v) is 1.97. The fourth-order valence-electron chi connectivity index (χ4n) is 1.16. The second kappa shape index (κ2) is 5.30. The van der Waals surface area contributed by atoms with Crippen LogP contribution in [-0.2, 0) is 0 Å². The molecule has 0 atom stereocenters. The van der Waals surface area contributed by atoms with E-state index in [1.165, 1.54) is 0 Å². The first-order valence-corrected chi connectivity index (χ1v) is 4.92. The number of ether oxygens (including phenoxy) is 1. The van der Waals surface area contributed by atoms with E-state index in [2.05, 4.69) is 0 Å². The largest absolute Gasteiger partial charge is 0.484 e. The number of nitrogens with zero attached hydrogens (tertiary/aromatic N) is 2. The summed E-state index contributed by atoms with van der Waals surface area (Å²) in [7, 11) is 0. The lowest BCUT2D eigenvalue weighted by Gasteiger charge is -2.07. The molecule has 92 valence electrons. The Bertz CT molecular complexity index is 465. The summed E-state index contributed by atoms with van der Waals surface area (Å²) in [6, 6.07) is 1.79. The molecule has 0 aliphatic rings. The maximum Gasteiger partial charge on any atom is 0.319 e. The summed E-state index contributed by atoms with van der Waals surface area (Å²) >= 11 is 5.37. The van der Waals surface area contributed by atoms with E-state index in [9.17, 15) is 20.2 Å². The van der Waals surface area contributed by atoms with Crippen LogP contribution in [0.3, 0.4) is 0 Å². The molecule has 9 heteroatoms. The standard InChI is InChI=1S/C8H8ClN3O5/c9-1-2-17-8-6(10)3-5(11(13)14)4-7(8)12(15)16/h3-4H,1-2,10H2. The maximum absolute atomic E-state index is 10.7. The zero-order valence-electron chi connectivity index (χ0n) is 8.46. The maximum atomic E-state index is 10.7. The van der Waals surface area contributed by atoms with Gasteiger partial charge in [-0.3, -0.25) is 20.2 Å². The number of rotatable bonds is 5. The van der Waals surface area contributed by atoms with Gasteiger partial charge in [-0.25, -0.2) is 0 Å². The van der Waals surface area contributed by atoms with Crippen molar-refractivity contribution >= 4 is 28.7 Å². The Balaban J connectivity index is 3.28. The summed E-state index contributed by atoms with van der Waals surface area (Å²) in [5, 5.41) is 21.2. The van der Waals surface area contributed by atoms with Gasteiger partial charge in [0.2, 0.25) is 5.75 Å². The Morgan fingerprint density at radius 2 is 1.94 bits per heavy atom. The van der Waals surface area contributed by atoms with E-state index in [0.717, 1.165) is 12.1 Å². The number of nitrogens with two attached hydrogens (primary N) is 1. The van der Waals surface area contributed by atoms with Gasteiger partial charge in [0.05, 0.1) is 27.5 Å². The fourth-order valence-corrected chi connectivity index (χ4v) is 1.24. The van der Waals surface area contributed by atoms with Gasteiger partial charge >= 0.3 is 5.69 Å². The Kier molecular flexibility index (Phi) is 4.05. The highest BCUT2D eigenvalue weighted by Crippen LogP contribution is 2.37. The van der Waals surface area contributed by atoms with Crippen LogP contribution < -0.4 is 10.5 Å². The van der Waals surface area contributed by atoms with Gasteiger partial charge in [0.1, 0.15) is 6.61 Å². The van der Waals surface area contributed by atoms with Crippen molar-refractivity contribution in [2.24, 2.45) is 0 Å². The van der Waals surface area contributed by atoms with Crippen molar-refractivity contribution in [3.63, 3.8) is 0 Å². The van der Waals surface area contributed by atoms with E-state index < -0.39 is 21.2 Å². The molecule has 0 bridgehead atoms. The molecule has 2 N–H and O–H groups in total. The quantitative estimate of drug-likeness (QED) is 0.372. The zero-order valence-corrected chi connectivity index (χ0v) is 9.22. The van der Waals surface area contributed by atoms with Crippen LogP contribution in [0.25, 0.3) is 0 Å². The first-order valence-electron chi connectivity index (χ1n) is 4.38. The van der Waals surface area contributed by atoms with Crippen LogP contribution in [-0.4, -0.2) is 22.3 Å². The van der Waals surface area contributed by atoms with Crippen LogP contribution in [0.4, 0.5) is 17.1 Å². The van der Waals surface area contributed by atoms with Crippen LogP contribution in [0.2, 0.25) is 0 Å². The van der Waals surface area contributed by atoms with Gasteiger partial charge in [-0.1, -0.05) is 0 Å². The van der Waals surface area contributed by atoms with Crippen molar-refractivity contribution in [2.75, 3.05) is 18.2 Å². The molecule has 0 saturated heterocycles. The highest BCUT2D eigenvalue weighted by atomic mass is 35.5. The predicted octanol–water partition coefficient (Wildman–Crippen LogP) is 1.70. The van der Waals surface area contributed by atoms with Gasteiger partial charge in [-0.05, 0) is 0 Å². The summed E-state index contributed by atoms with van der Waals surface area (Å²) in [6.45, 7) is 0.0183. The van der Waals surface area contributed by atoms with Crippen molar-refractivity contribution in [1.82, 2.24) is 0 Å². The van der Waals surface area contributed by atoms with Crippen LogP contribution >= 0.6 is 11.6 Å². The first-order chi connectivity index (χ1) is 7.97. The molecule has 8 nitrogen and oxygen atoms in total. The number of hydrogen-bond donors (Lipinski definition) is 1. The number of nitro groups is 2. The van der Waals surface area contributed by atoms with Gasteiger partial charge in [0, 0.05) is 6.07 Å². The average molecular weight is 262 g/mol. The second-order valence-corrected chi connectivity index (χ2v) is 3.31. The number of benzene rings is 1. The number of nitro benzene ring substituents is 2. The molecule has 0 radical (unpaired) electrons. The minimum absolute atomic E-state index is 0.0183. The van der Waals surface area contributed by atoms with Crippen LogP contribution in [0.5, 0.6) is 5.75 Å². The number of halogens is 1. The van der Waals surface area contributed by atoms with Gasteiger partial charge in [-0.2, -0.15) is 0 Å². The van der Waals surface area contributed by atoms with E-state index in [0.29, 0.717) is 0 Å². The average Bonchev–Trinajstić information content (AvgIpc) is 2.26. The molecule has 17 heavy (non-hydrogen) atoms. The Morgan fingerprint density at radius 3 is 2.41 bits per heavy atom. The molecule has 0 aromatic heterocycles. The first kappa shape index (κ1) is 13.0. The lowest BCUT2D eigenvalue weighted by atomic mass is 10.2. The van der Waals surface area contributed by atoms with Gasteiger partial charge in [-0.15, -0.1) is 11.6 Å². The molecule has 0 heterocycles. The summed E-state index contributed by atoms with van der Waals surface area (Å²) in [6.07, 6.45) is 0. The molecule has 1 rings (SSSR count). The lowest BCUT2D eigenvalue weighted by Crippen LogP contribution is -2.05. The van der Waals surface area contributed by atoms with Crippen molar-refractivity contribution in [3.8, 4) is 5.75 Å². The molecular weight excluding hydrogens is 254 g/mol. The van der Waals surface area contributed by atoms with E-state index >= 15 is 0 Å². The van der Waals surface area contributed by atoms with Crippen LogP contribution in [0, 0.1) is 20.2 Å². The molecule has 0 amide bonds. The van der Waals surface area contributed by atoms with E-state index in [1.807, 2.05) is 0 Å². The summed E-state index contributed by atoms with van der Waals surface area (Å²) in [4.78, 5) is 19.7. The van der Waals surface area contributed by atoms with Crippen molar-refractivity contribution in [1.29, 1.82) is 0 Å². The smallest absolute Gasteiger partial charge is 0.319 e. The second-order valence-electron chi connectivity index (χ2n) is 2.93. The SMILES string of the molecule is Nc1cc([N+](=O)[O-])cc([N+](=O)[O-])c1OCCCl. The third-order valence-electron chi connectivity index (χ3n) is 1.81. The molecule has 0 saturated carbocycles. The summed E-state index contributed by atoms with van der Waals surface area (Å²) < 4.78 is 4.99. The number of nitrogen functional groups attached to an aromatic ring is 1. The Labute approximate surface area is 100 Å². The van der Waals surface area contributed by atoms with Crippen molar-refractivity contribution < 1.29 is 14.6 Å². The highest BCUT2D eigenvalue weighted by molar-refractivity contribution is 6.18. The third kappa shape index (κ3) is 2.94. The van der Waals surface area contributed by atoms with Gasteiger partial charge in [0.25, 0.3) is 5.69 Å². The summed E-state index contributed by atoms with van der Waals surface area (Å²) in [5.41, 5.74) is 4.27. The molecule has 1 aromatic carbocycles. The molecule has 0 fully saturated rings. The minimum Gasteiger partial charge on any atom is -0.484 e. The Morgan fingerprint density at radius 1 is 1.29 bits per heavy atom. The fraction of sp³-hybridized carbons (Fsp3) is 0.250. The van der Waals surface area contributed by atoms with Gasteiger partial charge < -0.3 is 10.5 Å². The zero-order chi connectivity index (χ0) is 13.0. The van der Waals surface area contributed by atoms with Crippen LogP contribution in [0.15, 0.2) is 12.1 Å². The van der Waals surface area contributed by atoms with E-state index in [4.69, 9.17) is 22.1 Å². The Hall–Kier alpha value is -2.09. The van der Waals surface area contributed by atoms with Crippen molar-refractivity contribution in [3.05, 3.63) is 32.4 Å². The van der Waals surface area contributed by atoms with E-state index in [1.54, 1.807) is 0 Å².